The van der Waals surface area contributed by atoms with Gasteiger partial charge in [-0.05, 0) is 10.8 Å². The average molecular weight is 372 g/mol. The van der Waals surface area contributed by atoms with Crippen molar-refractivity contribution in [3.05, 3.63) is 70.8 Å². The van der Waals surface area contributed by atoms with Gasteiger partial charge in [-0.2, -0.15) is 0 Å². The highest BCUT2D eigenvalue weighted by atomic mass is 19.2. The molecule has 0 atom stereocenters. The molecule has 0 N–H and O–H groups in total. The minimum atomic E-state index is -2.08. The van der Waals surface area contributed by atoms with Gasteiger partial charge in [0.15, 0.2) is 46.5 Å². The normalized spacial score (nSPS) is 11.8. The van der Waals surface area contributed by atoms with Crippen LogP contribution in [0.15, 0.2) is 24.3 Å². The monoisotopic (exact) mass is 372 g/mol. The Morgan fingerprint density at radius 2 is 0.577 bits per heavy atom. The Kier molecular flexibility index (Phi) is 3.37. The molecule has 0 heterocycles. The van der Waals surface area contributed by atoms with Gasteiger partial charge < -0.3 is 0 Å². The van der Waals surface area contributed by atoms with E-state index in [-0.39, 0.29) is 10.8 Å². The van der Waals surface area contributed by atoms with Crippen molar-refractivity contribution < 1.29 is 35.1 Å². The third-order valence-electron chi connectivity index (χ3n) is 4.27. The molecule has 4 aromatic rings. The van der Waals surface area contributed by atoms with E-state index in [9.17, 15) is 35.1 Å². The fourth-order valence-electron chi connectivity index (χ4n) is 3.09. The maximum atomic E-state index is 14.2. The molecule has 0 saturated carbocycles. The van der Waals surface area contributed by atoms with Gasteiger partial charge in [-0.3, -0.25) is 0 Å². The van der Waals surface area contributed by atoms with Crippen molar-refractivity contribution in [2.45, 2.75) is 0 Å². The van der Waals surface area contributed by atoms with E-state index in [1.807, 2.05) is 0 Å². The number of hydrogen-bond acceptors (Lipinski definition) is 0. The van der Waals surface area contributed by atoms with Gasteiger partial charge in [0.05, 0.1) is 0 Å². The Labute approximate surface area is 139 Å². The van der Waals surface area contributed by atoms with Gasteiger partial charge >= 0.3 is 0 Å². The second-order valence-corrected chi connectivity index (χ2v) is 5.58. The van der Waals surface area contributed by atoms with Crippen LogP contribution in [0.3, 0.4) is 0 Å². The molecular formula is C18H4F8. The number of halogens is 8. The molecule has 0 aliphatic carbocycles. The molecule has 4 rings (SSSR count). The van der Waals surface area contributed by atoms with Crippen molar-refractivity contribution >= 4 is 32.3 Å². The molecule has 0 aliphatic rings. The number of hydrogen-bond donors (Lipinski definition) is 0. The predicted molar refractivity (Wildman–Crippen MR) is 78.6 cm³/mol. The summed E-state index contributed by atoms with van der Waals surface area (Å²) in [6.07, 6.45) is 0. The summed E-state index contributed by atoms with van der Waals surface area (Å²) in [5.74, 6) is -15.0. The predicted octanol–water partition coefficient (Wildman–Crippen LogP) is 6.26. The quantitative estimate of drug-likeness (QED) is 0.148. The van der Waals surface area contributed by atoms with E-state index in [1.54, 1.807) is 0 Å². The molecular weight excluding hydrogens is 368 g/mol. The van der Waals surface area contributed by atoms with Crippen LogP contribution in [0.2, 0.25) is 0 Å². The molecule has 132 valence electrons. The summed E-state index contributed by atoms with van der Waals surface area (Å²) in [6, 6.07) is 3.55. The SMILES string of the molecule is Fc1c(F)c(F)c2c(ccc3c2ccc2c(F)c(F)c(F)c(F)c23)c1F. The summed E-state index contributed by atoms with van der Waals surface area (Å²) < 4.78 is 110. The summed E-state index contributed by atoms with van der Waals surface area (Å²) in [6.45, 7) is 0. The maximum Gasteiger partial charge on any atom is 0.198 e. The minimum Gasteiger partial charge on any atom is -0.203 e. The second kappa shape index (κ2) is 5.30. The van der Waals surface area contributed by atoms with E-state index in [4.69, 9.17) is 0 Å². The fourth-order valence-corrected chi connectivity index (χ4v) is 3.09. The van der Waals surface area contributed by atoms with Gasteiger partial charge in [-0.25, -0.2) is 35.1 Å². The molecule has 0 bridgehead atoms. The fraction of sp³-hybridized carbons (Fsp3) is 0. The van der Waals surface area contributed by atoms with Crippen LogP contribution in [0, 0.1) is 46.5 Å². The van der Waals surface area contributed by atoms with Gasteiger partial charge in [-0.15, -0.1) is 0 Å². The van der Waals surface area contributed by atoms with E-state index >= 15 is 0 Å². The summed E-state index contributed by atoms with van der Waals surface area (Å²) in [4.78, 5) is 0. The lowest BCUT2D eigenvalue weighted by molar-refractivity contribution is 0.418. The summed E-state index contributed by atoms with van der Waals surface area (Å²) in [7, 11) is 0. The molecule has 0 aliphatic heterocycles. The van der Waals surface area contributed by atoms with Crippen LogP contribution in [0.25, 0.3) is 32.3 Å². The third kappa shape index (κ3) is 1.89. The molecule has 0 amide bonds. The van der Waals surface area contributed by atoms with E-state index in [1.165, 1.54) is 0 Å². The maximum absolute atomic E-state index is 14.2. The van der Waals surface area contributed by atoms with Crippen molar-refractivity contribution in [3.8, 4) is 0 Å². The zero-order valence-electron chi connectivity index (χ0n) is 12.3. The highest BCUT2D eigenvalue weighted by Gasteiger charge is 2.25. The molecule has 8 heteroatoms. The van der Waals surface area contributed by atoms with Crippen LogP contribution in [0.4, 0.5) is 35.1 Å². The van der Waals surface area contributed by atoms with Crippen LogP contribution in [0.1, 0.15) is 0 Å². The van der Waals surface area contributed by atoms with Crippen molar-refractivity contribution in [3.63, 3.8) is 0 Å². The molecule has 0 saturated heterocycles. The highest BCUT2D eigenvalue weighted by molar-refractivity contribution is 6.17. The Morgan fingerprint density at radius 3 is 0.923 bits per heavy atom. The van der Waals surface area contributed by atoms with Crippen LogP contribution >= 0.6 is 0 Å². The lowest BCUT2D eigenvalue weighted by atomic mass is 9.95. The van der Waals surface area contributed by atoms with Crippen LogP contribution in [-0.4, -0.2) is 0 Å². The lowest BCUT2D eigenvalue weighted by Crippen LogP contribution is -2.01. The number of rotatable bonds is 0. The molecule has 0 unspecified atom stereocenters. The largest absolute Gasteiger partial charge is 0.203 e. The topological polar surface area (TPSA) is 0 Å². The first-order valence-electron chi connectivity index (χ1n) is 7.08. The smallest absolute Gasteiger partial charge is 0.198 e. The van der Waals surface area contributed by atoms with Crippen LogP contribution in [0.5, 0.6) is 0 Å². The molecule has 4 aromatic carbocycles. The molecule has 0 nitrogen and oxygen atoms in total. The summed E-state index contributed by atoms with van der Waals surface area (Å²) in [5.41, 5.74) is 0. The lowest BCUT2D eigenvalue weighted by Gasteiger charge is -2.12. The van der Waals surface area contributed by atoms with Gasteiger partial charge in [0.25, 0.3) is 0 Å². The minimum absolute atomic E-state index is 0.324. The zero-order chi connectivity index (χ0) is 18.9. The van der Waals surface area contributed by atoms with Gasteiger partial charge in [0.2, 0.25) is 0 Å². The Hall–Kier alpha value is -2.90. The third-order valence-corrected chi connectivity index (χ3v) is 4.27. The molecule has 0 aromatic heterocycles. The summed E-state index contributed by atoms with van der Waals surface area (Å²) in [5, 5.41) is -3.40. The first-order chi connectivity index (χ1) is 12.3. The first kappa shape index (κ1) is 16.6. The molecule has 0 fully saturated rings. The Balaban J connectivity index is 2.34. The second-order valence-electron chi connectivity index (χ2n) is 5.58. The highest BCUT2D eigenvalue weighted by Crippen LogP contribution is 2.38. The van der Waals surface area contributed by atoms with Crippen molar-refractivity contribution in [2.24, 2.45) is 0 Å². The van der Waals surface area contributed by atoms with Crippen molar-refractivity contribution in [2.75, 3.05) is 0 Å². The van der Waals surface area contributed by atoms with Gasteiger partial charge in [0.1, 0.15) is 0 Å². The van der Waals surface area contributed by atoms with Gasteiger partial charge in [-0.1, -0.05) is 24.3 Å². The molecule has 26 heavy (non-hydrogen) atoms. The molecule has 0 spiro atoms. The Morgan fingerprint density at radius 1 is 0.308 bits per heavy atom. The van der Waals surface area contributed by atoms with Crippen LogP contribution < -0.4 is 0 Å². The summed E-state index contributed by atoms with van der Waals surface area (Å²) >= 11 is 0. The first-order valence-corrected chi connectivity index (χ1v) is 7.08. The van der Waals surface area contributed by atoms with Gasteiger partial charge in [0, 0.05) is 21.5 Å². The zero-order valence-corrected chi connectivity index (χ0v) is 12.3. The van der Waals surface area contributed by atoms with E-state index in [0.29, 0.717) is 0 Å². The number of benzene rings is 4. The van der Waals surface area contributed by atoms with Crippen LogP contribution in [-0.2, 0) is 0 Å². The Bertz CT molecular complexity index is 1160. The van der Waals surface area contributed by atoms with E-state index < -0.39 is 68.1 Å². The van der Waals surface area contributed by atoms with E-state index in [0.717, 1.165) is 24.3 Å². The van der Waals surface area contributed by atoms with Crippen molar-refractivity contribution in [1.82, 2.24) is 0 Å². The number of fused-ring (bicyclic) bond motifs is 5. The molecule has 0 radical (unpaired) electrons. The average Bonchev–Trinajstić information content (AvgIpc) is 2.65. The standard InChI is InChI=1S/C18H4F8/c19-11-7-3-1-5-6(10(7)14(22)18(26)15(11)23)2-4-8-9(5)13(21)17(25)16(24)12(8)20/h1-4H. The van der Waals surface area contributed by atoms with E-state index in [2.05, 4.69) is 0 Å². The van der Waals surface area contributed by atoms with Crippen molar-refractivity contribution in [1.29, 1.82) is 0 Å².